The van der Waals surface area contributed by atoms with Crippen LogP contribution in [0, 0.1) is 5.92 Å². The first kappa shape index (κ1) is 15.5. The second-order valence-corrected chi connectivity index (χ2v) is 5.51. The van der Waals surface area contributed by atoms with Crippen LogP contribution in [0.5, 0.6) is 0 Å². The van der Waals surface area contributed by atoms with E-state index in [1.807, 2.05) is 0 Å². The van der Waals surface area contributed by atoms with Crippen LogP contribution in [0.25, 0.3) is 0 Å². The summed E-state index contributed by atoms with van der Waals surface area (Å²) in [6.45, 7) is 4.43. The van der Waals surface area contributed by atoms with E-state index in [1.165, 1.54) is 39.2 Å². The van der Waals surface area contributed by atoms with Gasteiger partial charge in [-0.15, -0.1) is 0 Å². The molecule has 1 aliphatic rings. The second-order valence-electron chi connectivity index (χ2n) is 5.51. The molecule has 1 saturated carbocycles. The maximum atomic E-state index is 11.7. The van der Waals surface area contributed by atoms with Crippen molar-refractivity contribution in [1.82, 2.24) is 5.32 Å². The Balaban J connectivity index is 2.38. The van der Waals surface area contributed by atoms with Crippen LogP contribution < -0.4 is 5.32 Å². The van der Waals surface area contributed by atoms with Crippen LogP contribution in [0.1, 0.15) is 65.2 Å². The van der Waals surface area contributed by atoms with Crippen LogP contribution in [0.4, 0.5) is 0 Å². The van der Waals surface area contributed by atoms with Gasteiger partial charge in [-0.1, -0.05) is 33.1 Å². The molecule has 0 amide bonds. The van der Waals surface area contributed by atoms with E-state index in [4.69, 9.17) is 4.74 Å². The van der Waals surface area contributed by atoms with Crippen molar-refractivity contribution in [2.75, 3.05) is 7.11 Å². The summed E-state index contributed by atoms with van der Waals surface area (Å²) < 4.78 is 4.89. The summed E-state index contributed by atoms with van der Waals surface area (Å²) in [5.74, 6) is 0.802. The lowest BCUT2D eigenvalue weighted by molar-refractivity contribution is -0.143. The number of hydrogen-bond donors (Lipinski definition) is 1. The minimum atomic E-state index is -0.0990. The topological polar surface area (TPSA) is 38.3 Å². The predicted octanol–water partition coefficient (Wildman–Crippen LogP) is 3.28. The summed E-state index contributed by atoms with van der Waals surface area (Å²) in [7, 11) is 1.48. The molecule has 0 aromatic carbocycles. The van der Waals surface area contributed by atoms with Gasteiger partial charge in [-0.2, -0.15) is 0 Å². The lowest BCUT2D eigenvalue weighted by Crippen LogP contribution is -2.45. The van der Waals surface area contributed by atoms with Crippen molar-refractivity contribution in [2.45, 2.75) is 77.3 Å². The van der Waals surface area contributed by atoms with Crippen molar-refractivity contribution in [3.63, 3.8) is 0 Å². The summed E-state index contributed by atoms with van der Waals surface area (Å²) in [4.78, 5) is 11.7. The third-order valence-electron chi connectivity index (χ3n) is 4.19. The number of esters is 1. The van der Waals surface area contributed by atoms with Crippen LogP contribution in [-0.4, -0.2) is 25.2 Å². The molecular weight excluding hydrogens is 226 g/mol. The number of hydrogen-bond acceptors (Lipinski definition) is 3. The smallest absolute Gasteiger partial charge is 0.322 e. The van der Waals surface area contributed by atoms with E-state index in [0.717, 1.165) is 25.2 Å². The van der Waals surface area contributed by atoms with Crippen molar-refractivity contribution in [2.24, 2.45) is 5.92 Å². The van der Waals surface area contributed by atoms with Crippen molar-refractivity contribution >= 4 is 5.97 Å². The maximum Gasteiger partial charge on any atom is 0.322 e. The quantitative estimate of drug-likeness (QED) is 0.710. The molecule has 0 saturated heterocycles. The fourth-order valence-electron chi connectivity index (χ4n) is 2.84. The van der Waals surface area contributed by atoms with Gasteiger partial charge in [-0.05, 0) is 38.0 Å². The lowest BCUT2D eigenvalue weighted by Gasteiger charge is -2.31. The van der Waals surface area contributed by atoms with E-state index >= 15 is 0 Å². The fourth-order valence-corrected chi connectivity index (χ4v) is 2.84. The number of carbonyl (C=O) groups excluding carboxylic acids is 1. The normalized spacial score (nSPS) is 25.7. The lowest BCUT2D eigenvalue weighted by atomic mass is 9.84. The van der Waals surface area contributed by atoms with E-state index in [1.54, 1.807) is 0 Å². The van der Waals surface area contributed by atoms with Crippen molar-refractivity contribution < 1.29 is 9.53 Å². The Labute approximate surface area is 112 Å². The molecule has 0 bridgehead atoms. The van der Waals surface area contributed by atoms with Gasteiger partial charge in [-0.3, -0.25) is 4.79 Å². The molecule has 1 N–H and O–H groups in total. The molecule has 0 aromatic rings. The molecule has 1 unspecified atom stereocenters. The highest BCUT2D eigenvalue weighted by Gasteiger charge is 2.25. The Kier molecular flexibility index (Phi) is 7.33. The van der Waals surface area contributed by atoms with E-state index in [2.05, 4.69) is 19.2 Å². The number of rotatable bonds is 7. The van der Waals surface area contributed by atoms with E-state index in [0.29, 0.717) is 6.04 Å². The molecule has 1 fully saturated rings. The first-order valence-electron chi connectivity index (χ1n) is 7.55. The maximum absolute atomic E-state index is 11.7. The fraction of sp³-hybridized carbons (Fsp3) is 0.933. The SMILES string of the molecule is CCCCC(NC1CCC(CC)CC1)C(=O)OC. The summed E-state index contributed by atoms with van der Waals surface area (Å²) in [5.41, 5.74) is 0. The number of carbonyl (C=O) groups is 1. The molecule has 0 radical (unpaired) electrons. The third kappa shape index (κ3) is 4.97. The molecule has 106 valence electrons. The van der Waals surface area contributed by atoms with Gasteiger partial charge in [0, 0.05) is 6.04 Å². The molecule has 0 spiro atoms. The van der Waals surface area contributed by atoms with Gasteiger partial charge in [-0.25, -0.2) is 0 Å². The Morgan fingerprint density at radius 3 is 2.44 bits per heavy atom. The second kappa shape index (κ2) is 8.52. The molecule has 18 heavy (non-hydrogen) atoms. The van der Waals surface area contributed by atoms with Crippen molar-refractivity contribution in [3.8, 4) is 0 Å². The van der Waals surface area contributed by atoms with E-state index < -0.39 is 0 Å². The van der Waals surface area contributed by atoms with Crippen molar-refractivity contribution in [1.29, 1.82) is 0 Å². The van der Waals surface area contributed by atoms with Gasteiger partial charge < -0.3 is 10.1 Å². The molecule has 1 rings (SSSR count). The average molecular weight is 255 g/mol. The Bertz CT molecular complexity index is 235. The minimum absolute atomic E-state index is 0.0962. The van der Waals surface area contributed by atoms with Crippen LogP contribution in [0.15, 0.2) is 0 Å². The molecule has 0 aliphatic heterocycles. The molecule has 1 atom stereocenters. The van der Waals surface area contributed by atoms with E-state index in [9.17, 15) is 4.79 Å². The highest BCUT2D eigenvalue weighted by molar-refractivity contribution is 5.75. The van der Waals surface area contributed by atoms with Gasteiger partial charge in [0.1, 0.15) is 6.04 Å². The predicted molar refractivity (Wildman–Crippen MR) is 74.5 cm³/mol. The highest BCUT2D eigenvalue weighted by atomic mass is 16.5. The van der Waals surface area contributed by atoms with E-state index in [-0.39, 0.29) is 12.0 Å². The Hall–Kier alpha value is -0.570. The largest absolute Gasteiger partial charge is 0.468 e. The molecule has 0 aromatic heterocycles. The summed E-state index contributed by atoms with van der Waals surface area (Å²) in [5, 5.41) is 3.51. The van der Waals surface area contributed by atoms with Crippen LogP contribution >= 0.6 is 0 Å². The number of unbranched alkanes of at least 4 members (excludes halogenated alkanes) is 1. The Morgan fingerprint density at radius 2 is 1.94 bits per heavy atom. The molecular formula is C15H29NO2. The first-order chi connectivity index (χ1) is 8.71. The summed E-state index contributed by atoms with van der Waals surface area (Å²) in [6, 6.07) is 0.409. The summed E-state index contributed by atoms with van der Waals surface area (Å²) in [6.07, 6.45) is 9.41. The van der Waals surface area contributed by atoms with Crippen LogP contribution in [-0.2, 0) is 9.53 Å². The average Bonchev–Trinajstić information content (AvgIpc) is 2.43. The van der Waals surface area contributed by atoms with Gasteiger partial charge in [0.2, 0.25) is 0 Å². The zero-order valence-corrected chi connectivity index (χ0v) is 12.2. The van der Waals surface area contributed by atoms with Crippen LogP contribution in [0.2, 0.25) is 0 Å². The van der Waals surface area contributed by atoms with Gasteiger partial charge >= 0.3 is 5.97 Å². The third-order valence-corrected chi connectivity index (χ3v) is 4.19. The van der Waals surface area contributed by atoms with Crippen molar-refractivity contribution in [3.05, 3.63) is 0 Å². The van der Waals surface area contributed by atoms with Gasteiger partial charge in [0.25, 0.3) is 0 Å². The molecule has 3 nitrogen and oxygen atoms in total. The molecule has 0 heterocycles. The molecule has 3 heteroatoms. The molecule has 1 aliphatic carbocycles. The minimum Gasteiger partial charge on any atom is -0.468 e. The first-order valence-corrected chi connectivity index (χ1v) is 7.55. The zero-order valence-electron chi connectivity index (χ0n) is 12.2. The van der Waals surface area contributed by atoms with Gasteiger partial charge in [0.15, 0.2) is 0 Å². The number of methoxy groups -OCH3 is 1. The van der Waals surface area contributed by atoms with Gasteiger partial charge in [0.05, 0.1) is 7.11 Å². The number of ether oxygens (including phenoxy) is 1. The van der Waals surface area contributed by atoms with Crippen LogP contribution in [0.3, 0.4) is 0 Å². The zero-order chi connectivity index (χ0) is 13.4. The summed E-state index contributed by atoms with van der Waals surface area (Å²) >= 11 is 0. The monoisotopic (exact) mass is 255 g/mol. The standard InChI is InChI=1S/C15H29NO2/c1-4-6-7-14(15(17)18-3)16-13-10-8-12(5-2)9-11-13/h12-14,16H,4-11H2,1-3H3. The number of nitrogens with one attached hydrogen (secondary N) is 1. The highest BCUT2D eigenvalue weighted by Crippen LogP contribution is 2.27. The Morgan fingerprint density at radius 1 is 1.28 bits per heavy atom.